The molecule has 1 rings (SSSR count). The number of allylic oxidation sites excluding steroid dienone is 1. The van der Waals surface area contributed by atoms with Gasteiger partial charge in [-0.3, -0.25) is 4.79 Å². The van der Waals surface area contributed by atoms with Crippen molar-refractivity contribution in [1.29, 1.82) is 5.41 Å². The molecule has 0 aliphatic carbocycles. The molecule has 0 spiro atoms. The number of nitrogens with one attached hydrogen (secondary N) is 2. The summed E-state index contributed by atoms with van der Waals surface area (Å²) in [5, 5.41) is 19.4. The van der Waals surface area contributed by atoms with Crippen LogP contribution in [-0.4, -0.2) is 29.4 Å². The van der Waals surface area contributed by atoms with E-state index < -0.39 is 5.60 Å². The second-order valence-corrected chi connectivity index (χ2v) is 5.57. The van der Waals surface area contributed by atoms with Gasteiger partial charge in [0.1, 0.15) is 12.1 Å². The third kappa shape index (κ3) is 6.23. The van der Waals surface area contributed by atoms with Crippen LogP contribution in [0.3, 0.4) is 0 Å². The largest absolute Gasteiger partial charge is 0.459 e. The quantitative estimate of drug-likeness (QED) is 0.553. The van der Waals surface area contributed by atoms with Gasteiger partial charge in [-0.25, -0.2) is 0 Å². The number of carbonyl (C=O) groups is 1. The van der Waals surface area contributed by atoms with Crippen molar-refractivity contribution in [2.75, 3.05) is 6.54 Å². The van der Waals surface area contributed by atoms with E-state index >= 15 is 0 Å². The Morgan fingerprint density at radius 2 is 2.14 bits per heavy atom. The summed E-state index contributed by atoms with van der Waals surface area (Å²) in [6, 6.07) is 7.25. The van der Waals surface area contributed by atoms with Gasteiger partial charge in [0.15, 0.2) is 0 Å². The molecule has 0 bridgehead atoms. The SMILES string of the molecule is CC(C)(C)OC(=O)CN/C=C(\C=N)c1cccc(CO)c1. The summed E-state index contributed by atoms with van der Waals surface area (Å²) in [7, 11) is 0. The van der Waals surface area contributed by atoms with Crippen molar-refractivity contribution < 1.29 is 14.6 Å². The second-order valence-electron chi connectivity index (χ2n) is 5.57. The Bertz CT molecular complexity index is 531. The van der Waals surface area contributed by atoms with Crippen molar-refractivity contribution in [3.8, 4) is 0 Å². The molecule has 0 aliphatic rings. The minimum Gasteiger partial charge on any atom is -0.459 e. The monoisotopic (exact) mass is 290 g/mol. The van der Waals surface area contributed by atoms with Crippen molar-refractivity contribution in [3.05, 3.63) is 41.6 Å². The zero-order valence-electron chi connectivity index (χ0n) is 12.6. The molecule has 3 N–H and O–H groups in total. The summed E-state index contributed by atoms with van der Waals surface area (Å²) < 4.78 is 5.17. The maximum atomic E-state index is 11.6. The molecule has 21 heavy (non-hydrogen) atoms. The summed E-state index contributed by atoms with van der Waals surface area (Å²) in [5.74, 6) is -0.354. The Labute approximate surface area is 125 Å². The van der Waals surface area contributed by atoms with Crippen LogP contribution >= 0.6 is 0 Å². The van der Waals surface area contributed by atoms with Gasteiger partial charge < -0.3 is 20.6 Å². The number of esters is 1. The third-order valence-electron chi connectivity index (χ3n) is 2.52. The van der Waals surface area contributed by atoms with Crippen LogP contribution in [0.25, 0.3) is 5.57 Å². The molecule has 114 valence electrons. The van der Waals surface area contributed by atoms with E-state index in [1.807, 2.05) is 32.9 Å². The zero-order valence-corrected chi connectivity index (χ0v) is 12.6. The van der Waals surface area contributed by atoms with Gasteiger partial charge in [-0.1, -0.05) is 18.2 Å². The highest BCUT2D eigenvalue weighted by atomic mass is 16.6. The van der Waals surface area contributed by atoms with Crippen LogP contribution in [0, 0.1) is 5.41 Å². The van der Waals surface area contributed by atoms with Crippen LogP contribution in [0.5, 0.6) is 0 Å². The van der Waals surface area contributed by atoms with Gasteiger partial charge in [0.2, 0.25) is 0 Å². The lowest BCUT2D eigenvalue weighted by molar-refractivity contribution is -0.153. The molecule has 0 aromatic heterocycles. The molecule has 0 heterocycles. The van der Waals surface area contributed by atoms with Gasteiger partial charge in [0, 0.05) is 18.0 Å². The molecule has 0 atom stereocenters. The number of hydrogen-bond acceptors (Lipinski definition) is 5. The lowest BCUT2D eigenvalue weighted by Gasteiger charge is -2.19. The smallest absolute Gasteiger partial charge is 0.325 e. The first-order valence-corrected chi connectivity index (χ1v) is 6.72. The van der Waals surface area contributed by atoms with E-state index in [-0.39, 0.29) is 19.1 Å². The summed E-state index contributed by atoms with van der Waals surface area (Å²) in [5.41, 5.74) is 1.68. The zero-order chi connectivity index (χ0) is 15.9. The normalized spacial score (nSPS) is 11.9. The van der Waals surface area contributed by atoms with Crippen LogP contribution < -0.4 is 5.32 Å². The lowest BCUT2D eigenvalue weighted by Crippen LogP contribution is -2.29. The highest BCUT2D eigenvalue weighted by molar-refractivity contribution is 6.08. The molecule has 1 aromatic carbocycles. The fourth-order valence-electron chi connectivity index (χ4n) is 1.68. The Balaban J connectivity index is 2.68. The van der Waals surface area contributed by atoms with Crippen LogP contribution in [0.15, 0.2) is 30.5 Å². The summed E-state index contributed by atoms with van der Waals surface area (Å²) in [6.45, 7) is 5.41. The van der Waals surface area contributed by atoms with Crippen LogP contribution in [0.1, 0.15) is 31.9 Å². The Morgan fingerprint density at radius 3 is 2.71 bits per heavy atom. The molecule has 0 radical (unpaired) electrons. The van der Waals surface area contributed by atoms with Crippen molar-refractivity contribution in [2.24, 2.45) is 0 Å². The van der Waals surface area contributed by atoms with E-state index in [1.54, 1.807) is 18.3 Å². The fourth-order valence-corrected chi connectivity index (χ4v) is 1.68. The van der Waals surface area contributed by atoms with E-state index in [0.717, 1.165) is 11.1 Å². The summed E-state index contributed by atoms with van der Waals surface area (Å²) in [4.78, 5) is 11.6. The fraction of sp³-hybridized carbons (Fsp3) is 0.375. The number of ether oxygens (including phenoxy) is 1. The molecule has 0 aliphatic heterocycles. The minimum atomic E-state index is -0.512. The predicted molar refractivity (Wildman–Crippen MR) is 83.0 cm³/mol. The van der Waals surface area contributed by atoms with E-state index in [1.165, 1.54) is 6.21 Å². The number of aliphatic hydroxyl groups excluding tert-OH is 1. The average Bonchev–Trinajstić information content (AvgIpc) is 2.41. The first-order valence-electron chi connectivity index (χ1n) is 6.72. The average molecular weight is 290 g/mol. The van der Waals surface area contributed by atoms with Crippen LogP contribution in [0.4, 0.5) is 0 Å². The molecular formula is C16H22N2O3. The standard InChI is InChI=1S/C16H22N2O3/c1-16(2,3)21-15(20)10-18-9-14(8-17)13-6-4-5-12(7-13)11-19/h4-9,17-19H,10-11H2,1-3H3/b14-9+,17-8?. The van der Waals surface area contributed by atoms with Gasteiger partial charge in [-0.2, -0.15) is 0 Å². The molecule has 5 nitrogen and oxygen atoms in total. The maximum Gasteiger partial charge on any atom is 0.325 e. The number of aliphatic hydroxyl groups is 1. The van der Waals surface area contributed by atoms with E-state index in [9.17, 15) is 4.79 Å². The topological polar surface area (TPSA) is 82.4 Å². The van der Waals surface area contributed by atoms with E-state index in [4.69, 9.17) is 15.3 Å². The first kappa shape index (κ1) is 16.9. The molecule has 5 heteroatoms. The maximum absolute atomic E-state index is 11.6. The highest BCUT2D eigenvalue weighted by Crippen LogP contribution is 2.13. The number of carbonyl (C=O) groups excluding carboxylic acids is 1. The van der Waals surface area contributed by atoms with Gasteiger partial charge in [0.25, 0.3) is 0 Å². The van der Waals surface area contributed by atoms with Crippen LogP contribution in [-0.2, 0) is 16.1 Å². The predicted octanol–water partition coefficient (Wildman–Crippen LogP) is 2.10. The van der Waals surface area contributed by atoms with Crippen molar-refractivity contribution in [1.82, 2.24) is 5.32 Å². The molecule has 0 amide bonds. The number of hydrogen-bond donors (Lipinski definition) is 3. The molecule has 0 saturated carbocycles. The first-order chi connectivity index (χ1) is 9.85. The summed E-state index contributed by atoms with van der Waals surface area (Å²) >= 11 is 0. The molecular weight excluding hydrogens is 268 g/mol. The van der Waals surface area contributed by atoms with Gasteiger partial charge in [-0.15, -0.1) is 0 Å². The Hall–Kier alpha value is -2.14. The number of rotatable bonds is 6. The third-order valence-corrected chi connectivity index (χ3v) is 2.52. The lowest BCUT2D eigenvalue weighted by atomic mass is 10.1. The number of benzene rings is 1. The Morgan fingerprint density at radius 1 is 1.43 bits per heavy atom. The van der Waals surface area contributed by atoms with Crippen molar-refractivity contribution in [3.63, 3.8) is 0 Å². The minimum absolute atomic E-state index is 0.0360. The van der Waals surface area contributed by atoms with Crippen LogP contribution in [0.2, 0.25) is 0 Å². The summed E-state index contributed by atoms with van der Waals surface area (Å²) in [6.07, 6.45) is 2.78. The Kier molecular flexibility index (Phi) is 6.11. The highest BCUT2D eigenvalue weighted by Gasteiger charge is 2.15. The van der Waals surface area contributed by atoms with Gasteiger partial charge >= 0.3 is 5.97 Å². The van der Waals surface area contributed by atoms with E-state index in [2.05, 4.69) is 5.32 Å². The van der Waals surface area contributed by atoms with Gasteiger partial charge in [-0.05, 0) is 38.0 Å². The molecule has 1 aromatic rings. The van der Waals surface area contributed by atoms with Crippen molar-refractivity contribution in [2.45, 2.75) is 33.0 Å². The molecule has 0 fully saturated rings. The van der Waals surface area contributed by atoms with Crippen molar-refractivity contribution >= 4 is 17.8 Å². The second kappa shape index (κ2) is 7.59. The van der Waals surface area contributed by atoms with Gasteiger partial charge in [0.05, 0.1) is 6.61 Å². The van der Waals surface area contributed by atoms with E-state index in [0.29, 0.717) is 5.57 Å². The molecule has 0 unspecified atom stereocenters. The molecule has 0 saturated heterocycles.